The van der Waals surface area contributed by atoms with E-state index in [9.17, 15) is 9.59 Å². The van der Waals surface area contributed by atoms with E-state index in [0.29, 0.717) is 50.9 Å². The summed E-state index contributed by atoms with van der Waals surface area (Å²) in [5.74, 6) is 0.742. The highest BCUT2D eigenvalue weighted by Gasteiger charge is 2.47. The van der Waals surface area contributed by atoms with Crippen LogP contribution in [0.5, 0.6) is 5.75 Å². The highest BCUT2D eigenvalue weighted by molar-refractivity contribution is 5.94. The number of amides is 1. The zero-order chi connectivity index (χ0) is 19.6. The smallest absolute Gasteiger partial charge is 0.339 e. The van der Waals surface area contributed by atoms with Gasteiger partial charge in [-0.25, -0.2) is 4.79 Å². The van der Waals surface area contributed by atoms with E-state index in [1.807, 2.05) is 60.4 Å². The Labute approximate surface area is 165 Å². The van der Waals surface area contributed by atoms with Gasteiger partial charge in [0.2, 0.25) is 5.91 Å². The summed E-state index contributed by atoms with van der Waals surface area (Å²) in [5, 5.41) is 0. The van der Waals surface area contributed by atoms with Crippen LogP contribution < -0.4 is 4.74 Å². The van der Waals surface area contributed by atoms with Crippen LogP contribution in [0, 0.1) is 0 Å². The molecule has 146 valence electrons. The highest BCUT2D eigenvalue weighted by atomic mass is 16.6. The van der Waals surface area contributed by atoms with Crippen LogP contribution in [0.2, 0.25) is 0 Å². The number of para-hydroxylation sites is 1. The second-order valence-electron chi connectivity index (χ2n) is 7.35. The van der Waals surface area contributed by atoms with Gasteiger partial charge in [-0.05, 0) is 31.0 Å². The molecule has 1 saturated heterocycles. The third-order valence-electron chi connectivity index (χ3n) is 5.73. The van der Waals surface area contributed by atoms with Gasteiger partial charge in [0.15, 0.2) is 0 Å². The quantitative estimate of drug-likeness (QED) is 0.743. The average molecular weight is 379 g/mol. The van der Waals surface area contributed by atoms with Crippen molar-refractivity contribution in [2.45, 2.75) is 38.2 Å². The van der Waals surface area contributed by atoms with Gasteiger partial charge in [-0.2, -0.15) is 0 Å². The van der Waals surface area contributed by atoms with Crippen LogP contribution in [-0.2, 0) is 21.6 Å². The molecular weight excluding hydrogens is 354 g/mol. The second-order valence-corrected chi connectivity index (χ2v) is 7.35. The predicted octanol–water partition coefficient (Wildman–Crippen LogP) is 3.71. The number of nitrogens with zero attached hydrogens (tertiary/aromatic N) is 1. The van der Waals surface area contributed by atoms with Crippen molar-refractivity contribution in [1.29, 1.82) is 0 Å². The number of hydrogen-bond donors (Lipinski definition) is 0. The first-order valence-corrected chi connectivity index (χ1v) is 9.94. The van der Waals surface area contributed by atoms with E-state index in [-0.39, 0.29) is 11.9 Å². The molecule has 0 saturated carbocycles. The van der Waals surface area contributed by atoms with Gasteiger partial charge in [-0.3, -0.25) is 4.79 Å². The summed E-state index contributed by atoms with van der Waals surface area (Å²) in [6.07, 6.45) is 2.41. The Morgan fingerprint density at radius 2 is 1.82 bits per heavy atom. The van der Waals surface area contributed by atoms with Gasteiger partial charge in [-0.1, -0.05) is 36.4 Å². The summed E-state index contributed by atoms with van der Waals surface area (Å²) in [6.45, 7) is 3.78. The lowest BCUT2D eigenvalue weighted by atomic mass is 9.83. The van der Waals surface area contributed by atoms with Gasteiger partial charge < -0.3 is 14.4 Å². The van der Waals surface area contributed by atoms with E-state index in [1.165, 1.54) is 0 Å². The maximum Gasteiger partial charge on any atom is 0.339 e. The lowest BCUT2D eigenvalue weighted by Gasteiger charge is -2.38. The summed E-state index contributed by atoms with van der Waals surface area (Å²) in [6, 6.07) is 15.5. The molecule has 0 radical (unpaired) electrons. The molecule has 5 heteroatoms. The number of piperidine rings is 1. The second kappa shape index (κ2) is 7.66. The van der Waals surface area contributed by atoms with Crippen LogP contribution in [0.1, 0.15) is 47.7 Å². The monoisotopic (exact) mass is 379 g/mol. The number of rotatable bonds is 5. The lowest BCUT2D eigenvalue weighted by Crippen LogP contribution is -2.45. The van der Waals surface area contributed by atoms with Crippen molar-refractivity contribution < 1.29 is 19.1 Å². The Morgan fingerprint density at radius 1 is 1.11 bits per heavy atom. The van der Waals surface area contributed by atoms with Gasteiger partial charge >= 0.3 is 5.97 Å². The predicted molar refractivity (Wildman–Crippen MR) is 105 cm³/mol. The third-order valence-corrected chi connectivity index (χ3v) is 5.73. The van der Waals surface area contributed by atoms with Crippen LogP contribution in [-0.4, -0.2) is 36.5 Å². The Hall–Kier alpha value is -2.82. The van der Waals surface area contributed by atoms with E-state index in [1.54, 1.807) is 0 Å². The highest BCUT2D eigenvalue weighted by Crippen LogP contribution is 2.44. The molecule has 2 aliphatic heterocycles. The number of likely N-dealkylation sites (tertiary alicyclic amines) is 1. The average Bonchev–Trinajstić information content (AvgIpc) is 3.00. The first kappa shape index (κ1) is 18.5. The lowest BCUT2D eigenvalue weighted by molar-refractivity contribution is -0.135. The van der Waals surface area contributed by atoms with E-state index >= 15 is 0 Å². The van der Waals surface area contributed by atoms with Crippen molar-refractivity contribution in [2.24, 2.45) is 0 Å². The van der Waals surface area contributed by atoms with Crippen molar-refractivity contribution in [2.75, 3.05) is 19.7 Å². The SMILES string of the molecule is CCOc1ccccc1CCC(=O)N1CCC2(CC1)OC(=O)c1ccccc12. The molecule has 1 amide bonds. The number of carbonyl (C=O) groups is 2. The standard InChI is InChI=1S/C23H25NO4/c1-2-27-20-10-6-3-7-17(20)11-12-21(25)24-15-13-23(14-16-24)19-9-5-4-8-18(19)22(26)28-23/h3-10H,2,11-16H2,1H3. The minimum Gasteiger partial charge on any atom is -0.494 e. The van der Waals surface area contributed by atoms with E-state index in [0.717, 1.165) is 16.9 Å². The van der Waals surface area contributed by atoms with E-state index in [4.69, 9.17) is 9.47 Å². The summed E-state index contributed by atoms with van der Waals surface area (Å²) in [7, 11) is 0. The molecule has 5 nitrogen and oxygen atoms in total. The van der Waals surface area contributed by atoms with Gasteiger partial charge in [0, 0.05) is 37.9 Å². The summed E-state index contributed by atoms with van der Waals surface area (Å²) >= 11 is 0. The Bertz CT molecular complexity index is 884. The maximum absolute atomic E-state index is 12.7. The number of carbonyl (C=O) groups excluding carboxylic acids is 2. The number of aryl methyl sites for hydroxylation is 1. The third kappa shape index (κ3) is 3.37. The number of ether oxygens (including phenoxy) is 2. The molecule has 2 aromatic rings. The minimum absolute atomic E-state index is 0.138. The molecular formula is C23H25NO4. The number of benzene rings is 2. The molecule has 2 aliphatic rings. The molecule has 2 aromatic carbocycles. The summed E-state index contributed by atoms with van der Waals surface area (Å²) in [4.78, 5) is 26.8. The van der Waals surface area contributed by atoms with Crippen molar-refractivity contribution in [3.05, 3.63) is 65.2 Å². The Balaban J connectivity index is 1.37. The molecule has 28 heavy (non-hydrogen) atoms. The normalized spacial score (nSPS) is 17.3. The topological polar surface area (TPSA) is 55.8 Å². The molecule has 1 fully saturated rings. The van der Waals surface area contributed by atoms with Crippen LogP contribution in [0.4, 0.5) is 0 Å². The molecule has 0 N–H and O–H groups in total. The van der Waals surface area contributed by atoms with E-state index < -0.39 is 5.60 Å². The summed E-state index contributed by atoms with van der Waals surface area (Å²) in [5.41, 5.74) is 2.13. The largest absolute Gasteiger partial charge is 0.494 e. The molecule has 1 spiro atoms. The van der Waals surface area contributed by atoms with Crippen LogP contribution in [0.15, 0.2) is 48.5 Å². The zero-order valence-electron chi connectivity index (χ0n) is 16.1. The van der Waals surface area contributed by atoms with Gasteiger partial charge in [0.1, 0.15) is 11.4 Å². The number of hydrogen-bond acceptors (Lipinski definition) is 4. The van der Waals surface area contributed by atoms with Crippen LogP contribution in [0.3, 0.4) is 0 Å². The molecule has 0 bridgehead atoms. The molecule has 2 heterocycles. The maximum atomic E-state index is 12.7. The van der Waals surface area contributed by atoms with Crippen LogP contribution >= 0.6 is 0 Å². The first-order chi connectivity index (χ1) is 13.6. The molecule has 0 aliphatic carbocycles. The Morgan fingerprint density at radius 3 is 2.61 bits per heavy atom. The first-order valence-electron chi connectivity index (χ1n) is 9.94. The van der Waals surface area contributed by atoms with Gasteiger partial charge in [0.25, 0.3) is 0 Å². The molecule has 0 atom stereocenters. The number of fused-ring (bicyclic) bond motifs is 2. The summed E-state index contributed by atoms with van der Waals surface area (Å²) < 4.78 is 11.4. The van der Waals surface area contributed by atoms with Crippen molar-refractivity contribution >= 4 is 11.9 Å². The van der Waals surface area contributed by atoms with Crippen molar-refractivity contribution in [1.82, 2.24) is 4.90 Å². The van der Waals surface area contributed by atoms with Gasteiger partial charge in [-0.15, -0.1) is 0 Å². The van der Waals surface area contributed by atoms with Gasteiger partial charge in [0.05, 0.1) is 12.2 Å². The molecule has 0 aromatic heterocycles. The fourth-order valence-corrected chi connectivity index (χ4v) is 4.24. The fraction of sp³-hybridized carbons (Fsp3) is 0.391. The van der Waals surface area contributed by atoms with Crippen molar-refractivity contribution in [3.63, 3.8) is 0 Å². The van der Waals surface area contributed by atoms with Crippen LogP contribution in [0.25, 0.3) is 0 Å². The van der Waals surface area contributed by atoms with Crippen molar-refractivity contribution in [3.8, 4) is 5.75 Å². The van der Waals surface area contributed by atoms with E-state index in [2.05, 4.69) is 0 Å². The molecule has 0 unspecified atom stereocenters. The minimum atomic E-state index is -0.563. The molecule has 4 rings (SSSR count). The number of esters is 1. The zero-order valence-corrected chi connectivity index (χ0v) is 16.1. The Kier molecular flexibility index (Phi) is 5.07. The fourth-order valence-electron chi connectivity index (χ4n) is 4.24.